The third-order valence-electron chi connectivity index (χ3n) is 6.44. The Morgan fingerprint density at radius 1 is 1.06 bits per heavy atom. The molecule has 0 saturated heterocycles. The third-order valence-corrected chi connectivity index (χ3v) is 6.44. The number of benzene rings is 2. The summed E-state index contributed by atoms with van der Waals surface area (Å²) in [6.45, 7) is 1.50. The molecule has 1 N–H and O–H groups in total. The Kier molecular flexibility index (Phi) is 5.53. The Labute approximate surface area is 197 Å². The first-order chi connectivity index (χ1) is 16.5. The average Bonchev–Trinajstić information content (AvgIpc) is 3.33. The summed E-state index contributed by atoms with van der Waals surface area (Å²) in [5, 5.41) is 3.44. The topological polar surface area (TPSA) is 88.8 Å². The number of rotatable bonds is 3. The Balaban J connectivity index is 1.68. The lowest BCUT2D eigenvalue weighted by Crippen LogP contribution is -2.41. The number of methoxy groups -OCH3 is 1. The summed E-state index contributed by atoms with van der Waals surface area (Å²) in [6, 6.07) is 17.5. The minimum atomic E-state index is -0.605. The van der Waals surface area contributed by atoms with Crippen molar-refractivity contribution < 1.29 is 23.5 Å². The maximum atomic E-state index is 13.7. The zero-order valence-electron chi connectivity index (χ0n) is 18.9. The van der Waals surface area contributed by atoms with Gasteiger partial charge in [-0.15, -0.1) is 0 Å². The van der Waals surface area contributed by atoms with E-state index in [4.69, 9.17) is 9.15 Å². The van der Waals surface area contributed by atoms with Crippen LogP contribution in [0.15, 0.2) is 83.1 Å². The highest BCUT2D eigenvalue weighted by atomic mass is 16.5. The molecule has 2 aliphatic rings. The van der Waals surface area contributed by atoms with Crippen LogP contribution < -0.4 is 10.2 Å². The first-order valence-electron chi connectivity index (χ1n) is 11.1. The Morgan fingerprint density at radius 3 is 2.50 bits per heavy atom. The summed E-state index contributed by atoms with van der Waals surface area (Å²) in [4.78, 5) is 40.3. The fourth-order valence-corrected chi connectivity index (χ4v) is 4.93. The van der Waals surface area contributed by atoms with Crippen molar-refractivity contribution in [2.24, 2.45) is 5.92 Å². The van der Waals surface area contributed by atoms with Gasteiger partial charge in [0, 0.05) is 25.0 Å². The van der Waals surface area contributed by atoms with Crippen molar-refractivity contribution in [1.82, 2.24) is 0 Å². The van der Waals surface area contributed by atoms with Crippen LogP contribution in [-0.4, -0.2) is 24.8 Å². The molecule has 1 aliphatic carbocycles. The number of ketones is 1. The molecule has 2 heterocycles. The number of carbonyl (C=O) groups excluding carboxylic acids is 3. The van der Waals surface area contributed by atoms with E-state index < -0.39 is 17.9 Å². The molecular formula is C27H24N2O5. The smallest absolute Gasteiger partial charge is 0.337 e. The van der Waals surface area contributed by atoms with E-state index in [0.717, 1.165) is 22.7 Å². The van der Waals surface area contributed by atoms with E-state index >= 15 is 0 Å². The number of hydrogen-bond donors (Lipinski definition) is 1. The third kappa shape index (κ3) is 3.69. The van der Waals surface area contributed by atoms with Crippen molar-refractivity contribution in [3.05, 3.63) is 95.6 Å². The number of hydrogen-bond acceptors (Lipinski definition) is 6. The quantitative estimate of drug-likeness (QED) is 0.567. The molecule has 1 aromatic heterocycles. The molecule has 0 bridgehead atoms. The normalized spacial score (nSPS) is 21.5. The molecule has 2 aromatic carbocycles. The Bertz CT molecular complexity index is 1280. The molecule has 5 rings (SSSR count). The number of ether oxygens (including phenoxy) is 1. The lowest BCUT2D eigenvalue weighted by atomic mass is 9.77. The maximum absolute atomic E-state index is 13.7. The van der Waals surface area contributed by atoms with Gasteiger partial charge in [-0.1, -0.05) is 30.3 Å². The van der Waals surface area contributed by atoms with Crippen LogP contribution in [0.3, 0.4) is 0 Å². The number of nitrogens with zero attached hydrogens (tertiary/aromatic N) is 1. The largest absolute Gasteiger partial charge is 0.469 e. The predicted molar refractivity (Wildman–Crippen MR) is 126 cm³/mol. The number of esters is 1. The molecule has 7 nitrogen and oxygen atoms in total. The molecule has 0 radical (unpaired) electrons. The predicted octanol–water partition coefficient (Wildman–Crippen LogP) is 4.84. The number of Topliss-reactive ketones (excluding diaryl/α,β-unsaturated/α-hetero) is 1. The molecule has 172 valence electrons. The van der Waals surface area contributed by atoms with E-state index in [1.165, 1.54) is 14.0 Å². The second-order valence-corrected chi connectivity index (χ2v) is 8.48. The highest BCUT2D eigenvalue weighted by molar-refractivity contribution is 6.00. The summed E-state index contributed by atoms with van der Waals surface area (Å²) in [5.41, 5.74) is 3.32. The van der Waals surface area contributed by atoms with E-state index in [2.05, 4.69) is 5.32 Å². The van der Waals surface area contributed by atoms with E-state index in [-0.39, 0.29) is 24.0 Å². The summed E-state index contributed by atoms with van der Waals surface area (Å²) in [6.07, 6.45) is 3.90. The lowest BCUT2D eigenvalue weighted by Gasteiger charge is -2.37. The van der Waals surface area contributed by atoms with Gasteiger partial charge < -0.3 is 19.4 Å². The molecule has 0 fully saturated rings. The van der Waals surface area contributed by atoms with Crippen LogP contribution in [0.2, 0.25) is 0 Å². The van der Waals surface area contributed by atoms with Gasteiger partial charge in [-0.3, -0.25) is 9.59 Å². The minimum Gasteiger partial charge on any atom is -0.469 e. The van der Waals surface area contributed by atoms with Crippen molar-refractivity contribution in [1.29, 1.82) is 0 Å². The van der Waals surface area contributed by atoms with Crippen molar-refractivity contribution in [3.63, 3.8) is 0 Å². The van der Waals surface area contributed by atoms with Crippen LogP contribution in [0.5, 0.6) is 0 Å². The first-order valence-corrected chi connectivity index (χ1v) is 11.1. The highest BCUT2D eigenvalue weighted by Gasteiger charge is 2.44. The minimum absolute atomic E-state index is 0.00694. The SMILES string of the molecule is COC(=O)c1ccc(C2C3C(=O)CC(c4ccco4)C=C3Nc3ccccc3N2C(C)=O)cc1. The van der Waals surface area contributed by atoms with E-state index in [0.29, 0.717) is 11.3 Å². The second-order valence-electron chi connectivity index (χ2n) is 8.48. The van der Waals surface area contributed by atoms with Crippen LogP contribution in [0, 0.1) is 5.92 Å². The molecule has 3 unspecified atom stereocenters. The number of amides is 1. The Hall–Kier alpha value is -4.13. The molecule has 0 saturated carbocycles. The summed E-state index contributed by atoms with van der Waals surface area (Å²) >= 11 is 0. The lowest BCUT2D eigenvalue weighted by molar-refractivity contribution is -0.123. The van der Waals surface area contributed by atoms with Gasteiger partial charge in [0.05, 0.1) is 42.3 Å². The summed E-state index contributed by atoms with van der Waals surface area (Å²) < 4.78 is 10.4. The number of carbonyl (C=O) groups is 3. The fraction of sp³-hybridized carbons (Fsp3) is 0.222. The van der Waals surface area contributed by atoms with Gasteiger partial charge in [0.25, 0.3) is 0 Å². The summed E-state index contributed by atoms with van der Waals surface area (Å²) in [5.74, 6) is -0.698. The van der Waals surface area contributed by atoms with E-state index in [9.17, 15) is 14.4 Å². The number of nitrogens with one attached hydrogen (secondary N) is 1. The van der Waals surface area contributed by atoms with Crippen molar-refractivity contribution >= 4 is 29.0 Å². The van der Waals surface area contributed by atoms with Gasteiger partial charge in [0.1, 0.15) is 11.5 Å². The van der Waals surface area contributed by atoms with E-state index in [1.807, 2.05) is 42.5 Å². The number of fused-ring (bicyclic) bond motifs is 2. The molecule has 1 aliphatic heterocycles. The highest BCUT2D eigenvalue weighted by Crippen LogP contribution is 2.47. The molecular weight excluding hydrogens is 432 g/mol. The maximum Gasteiger partial charge on any atom is 0.337 e. The molecule has 1 amide bonds. The monoisotopic (exact) mass is 456 g/mol. The van der Waals surface area contributed by atoms with Gasteiger partial charge in [0.2, 0.25) is 5.91 Å². The van der Waals surface area contributed by atoms with Gasteiger partial charge in [-0.05, 0) is 42.0 Å². The molecule has 7 heteroatoms. The fourth-order valence-electron chi connectivity index (χ4n) is 4.93. The van der Waals surface area contributed by atoms with Crippen molar-refractivity contribution in [2.45, 2.75) is 25.3 Å². The summed E-state index contributed by atoms with van der Waals surface area (Å²) in [7, 11) is 1.33. The van der Waals surface area contributed by atoms with Gasteiger partial charge in [-0.2, -0.15) is 0 Å². The van der Waals surface area contributed by atoms with Gasteiger partial charge >= 0.3 is 5.97 Å². The molecule has 34 heavy (non-hydrogen) atoms. The van der Waals surface area contributed by atoms with Gasteiger partial charge in [0.15, 0.2) is 0 Å². The standard InChI is InChI=1S/C27H24N2O5/c1-16(30)29-22-7-4-3-6-20(22)28-21-14-19(24-8-5-13-34-24)15-23(31)25(21)26(29)17-9-11-18(12-10-17)27(32)33-2/h3-14,19,25-26,28H,15H2,1-2H3. The number of para-hydroxylation sites is 2. The van der Waals surface area contributed by atoms with Crippen LogP contribution >= 0.6 is 0 Å². The van der Waals surface area contributed by atoms with Gasteiger partial charge in [-0.25, -0.2) is 4.79 Å². The molecule has 3 atom stereocenters. The molecule has 0 spiro atoms. The average molecular weight is 456 g/mol. The van der Waals surface area contributed by atoms with Crippen LogP contribution in [0.25, 0.3) is 0 Å². The Morgan fingerprint density at radius 2 is 1.82 bits per heavy atom. The molecule has 3 aromatic rings. The number of furan rings is 1. The second kappa shape index (κ2) is 8.67. The van der Waals surface area contributed by atoms with Crippen LogP contribution in [-0.2, 0) is 14.3 Å². The van der Waals surface area contributed by atoms with Crippen molar-refractivity contribution in [3.8, 4) is 0 Å². The van der Waals surface area contributed by atoms with Crippen molar-refractivity contribution in [2.75, 3.05) is 17.3 Å². The number of allylic oxidation sites excluding steroid dienone is 1. The van der Waals surface area contributed by atoms with Crippen LogP contribution in [0.1, 0.15) is 47.0 Å². The van der Waals surface area contributed by atoms with E-state index in [1.54, 1.807) is 35.4 Å². The van der Waals surface area contributed by atoms with Crippen LogP contribution in [0.4, 0.5) is 11.4 Å². The zero-order chi connectivity index (χ0) is 23.8. The number of anilines is 2. The first kappa shape index (κ1) is 21.7. The zero-order valence-corrected chi connectivity index (χ0v) is 18.9.